The summed E-state index contributed by atoms with van der Waals surface area (Å²) in [6.45, 7) is 4.30. The van der Waals surface area contributed by atoms with Crippen LogP contribution < -0.4 is 0 Å². The predicted molar refractivity (Wildman–Crippen MR) is 139 cm³/mol. The molecule has 39 heavy (non-hydrogen) atoms. The number of nitrogens with zero attached hydrogens (tertiary/aromatic N) is 7. The summed E-state index contributed by atoms with van der Waals surface area (Å²) in [6.07, 6.45) is 6.06. The van der Waals surface area contributed by atoms with E-state index < -0.39 is 26.9 Å². The third-order valence-corrected chi connectivity index (χ3v) is 9.33. The molecule has 1 fully saturated rings. The second-order valence-corrected chi connectivity index (χ2v) is 13.4. The number of aromatic nitrogens is 7. The van der Waals surface area contributed by atoms with Crippen molar-refractivity contribution in [2.24, 2.45) is 5.41 Å². The molecular weight excluding hydrogens is 548 g/mol. The van der Waals surface area contributed by atoms with Gasteiger partial charge in [-0.05, 0) is 54.0 Å². The van der Waals surface area contributed by atoms with Gasteiger partial charge in [0.15, 0.2) is 5.82 Å². The van der Waals surface area contributed by atoms with Gasteiger partial charge in [-0.2, -0.15) is 9.78 Å². The predicted octanol–water partition coefficient (Wildman–Crippen LogP) is 4.24. The van der Waals surface area contributed by atoms with Gasteiger partial charge in [0.1, 0.15) is 27.8 Å². The number of halogens is 3. The van der Waals surface area contributed by atoms with E-state index >= 15 is 0 Å². The van der Waals surface area contributed by atoms with Crippen molar-refractivity contribution in [3.63, 3.8) is 0 Å². The smallest absolute Gasteiger partial charge is 0.229 e. The minimum Gasteiger partial charge on any atom is -0.229 e. The lowest BCUT2D eigenvalue weighted by Crippen LogP contribution is -2.38. The Kier molecular flexibility index (Phi) is 5.85. The number of hydrogen-bond acceptors (Lipinski definition) is 8. The fourth-order valence-electron chi connectivity index (χ4n) is 6.28. The molecular formula is C26H24ClF2N7O2S. The molecule has 0 unspecified atom stereocenters. The lowest BCUT2D eigenvalue weighted by molar-refractivity contribution is 0.242. The van der Waals surface area contributed by atoms with Crippen molar-refractivity contribution in [3.05, 3.63) is 76.2 Å². The van der Waals surface area contributed by atoms with Crippen LogP contribution in [0.1, 0.15) is 55.4 Å². The van der Waals surface area contributed by atoms with Crippen molar-refractivity contribution < 1.29 is 17.2 Å². The summed E-state index contributed by atoms with van der Waals surface area (Å²) in [5.74, 6) is -0.904. The third-order valence-electron chi connectivity index (χ3n) is 8.17. The summed E-state index contributed by atoms with van der Waals surface area (Å²) < 4.78 is 53.8. The van der Waals surface area contributed by atoms with E-state index in [0.29, 0.717) is 11.8 Å². The van der Waals surface area contributed by atoms with E-state index in [1.807, 2.05) is 6.07 Å². The molecule has 0 amide bonds. The quantitative estimate of drug-likeness (QED) is 0.337. The Bertz CT molecular complexity index is 1720. The topological polar surface area (TPSA) is 116 Å². The molecule has 202 valence electrons. The highest BCUT2D eigenvalue weighted by Crippen LogP contribution is 2.69. The Morgan fingerprint density at radius 1 is 1.13 bits per heavy atom. The second kappa shape index (κ2) is 8.82. The fourth-order valence-corrected chi connectivity index (χ4v) is 7.03. The number of rotatable bonds is 6. The zero-order valence-electron chi connectivity index (χ0n) is 21.4. The number of hydrogen-bond donors (Lipinski definition) is 0. The van der Waals surface area contributed by atoms with Gasteiger partial charge < -0.3 is 0 Å². The van der Waals surface area contributed by atoms with Crippen molar-refractivity contribution in [2.75, 3.05) is 12.0 Å². The van der Waals surface area contributed by atoms with E-state index in [-0.39, 0.29) is 39.8 Å². The molecule has 0 spiro atoms. The van der Waals surface area contributed by atoms with Crippen LogP contribution in [0.25, 0.3) is 17.2 Å². The van der Waals surface area contributed by atoms with Crippen molar-refractivity contribution in [1.29, 1.82) is 0 Å². The van der Waals surface area contributed by atoms with Gasteiger partial charge in [-0.25, -0.2) is 32.2 Å². The van der Waals surface area contributed by atoms with E-state index in [2.05, 4.69) is 39.1 Å². The number of aryl methyl sites for hydroxylation is 1. The highest BCUT2D eigenvalue weighted by atomic mass is 35.5. The van der Waals surface area contributed by atoms with Gasteiger partial charge in [0.2, 0.25) is 0 Å². The van der Waals surface area contributed by atoms with Crippen LogP contribution in [0.4, 0.5) is 8.78 Å². The molecule has 2 atom stereocenters. The van der Waals surface area contributed by atoms with Crippen LogP contribution in [0.2, 0.25) is 5.02 Å². The SMILES string of the molecule is CC1(C)[C@H]2CC[C@@]1(c1ccnc(-n3cnc(CCS(C)(=O)=O)n3)n1)c1nnc(-c3c(F)cc(Cl)cc3F)cc12. The zero-order valence-corrected chi connectivity index (χ0v) is 22.9. The van der Waals surface area contributed by atoms with Gasteiger partial charge >= 0.3 is 0 Å². The van der Waals surface area contributed by atoms with E-state index in [4.69, 9.17) is 16.6 Å². The van der Waals surface area contributed by atoms with Gasteiger partial charge in [0, 0.05) is 23.9 Å². The normalized spacial score (nSPS) is 21.3. The summed E-state index contributed by atoms with van der Waals surface area (Å²) in [4.78, 5) is 13.4. The van der Waals surface area contributed by atoms with E-state index in [9.17, 15) is 17.2 Å². The first-order valence-corrected chi connectivity index (χ1v) is 14.8. The van der Waals surface area contributed by atoms with Crippen molar-refractivity contribution in [2.45, 2.75) is 44.4 Å². The maximum atomic E-state index is 14.7. The van der Waals surface area contributed by atoms with Crippen molar-refractivity contribution in [3.8, 4) is 17.2 Å². The molecule has 0 saturated heterocycles. The van der Waals surface area contributed by atoms with Gasteiger partial charge in [-0.1, -0.05) is 25.4 Å². The second-order valence-electron chi connectivity index (χ2n) is 10.7. The molecule has 2 bridgehead atoms. The molecule has 13 heteroatoms. The van der Waals surface area contributed by atoms with Gasteiger partial charge in [0.25, 0.3) is 5.95 Å². The van der Waals surface area contributed by atoms with Crippen LogP contribution in [-0.2, 0) is 21.7 Å². The van der Waals surface area contributed by atoms with Crippen molar-refractivity contribution >= 4 is 21.4 Å². The summed E-state index contributed by atoms with van der Waals surface area (Å²) >= 11 is 5.81. The van der Waals surface area contributed by atoms with Crippen LogP contribution in [0.5, 0.6) is 0 Å². The maximum absolute atomic E-state index is 14.7. The molecule has 6 rings (SSSR count). The van der Waals surface area contributed by atoms with E-state index in [1.54, 1.807) is 12.3 Å². The average Bonchev–Trinajstić information content (AvgIpc) is 3.50. The lowest BCUT2D eigenvalue weighted by atomic mass is 9.66. The molecule has 1 aromatic carbocycles. The minimum absolute atomic E-state index is 0.0310. The molecule has 3 aromatic heterocycles. The largest absolute Gasteiger partial charge is 0.252 e. The summed E-state index contributed by atoms with van der Waals surface area (Å²) in [5.41, 5.74) is 1.30. The third kappa shape index (κ3) is 4.03. The van der Waals surface area contributed by atoms with Crippen LogP contribution >= 0.6 is 11.6 Å². The highest BCUT2D eigenvalue weighted by Gasteiger charge is 2.65. The lowest BCUT2D eigenvalue weighted by Gasteiger charge is -2.37. The Morgan fingerprint density at radius 3 is 2.59 bits per heavy atom. The number of benzene rings is 1. The monoisotopic (exact) mass is 571 g/mol. The van der Waals surface area contributed by atoms with Crippen LogP contribution in [0.3, 0.4) is 0 Å². The first-order chi connectivity index (χ1) is 18.4. The Labute approximate surface area is 228 Å². The Hall–Kier alpha value is -3.38. The molecule has 2 aliphatic rings. The standard InChI is InChI=1S/C26H24ClF2N7O2S/c1-25(2)16-4-7-26(25,23-15(16)12-19(33-34-23)22-17(28)10-14(27)11-18(22)29)20-5-8-30-24(32-20)36-13-31-21(35-36)6-9-39(3,37)38/h5,8,10-13,16H,4,6-7,9H2,1-3H3/t16-,26+/m0/s1. The first kappa shape index (κ1) is 25.9. The fraction of sp³-hybridized carbons (Fsp3) is 0.385. The molecule has 1 saturated carbocycles. The van der Waals surface area contributed by atoms with Gasteiger partial charge in [-0.15, -0.1) is 10.2 Å². The first-order valence-electron chi connectivity index (χ1n) is 12.4. The van der Waals surface area contributed by atoms with Crippen LogP contribution in [0.15, 0.2) is 36.8 Å². The highest BCUT2D eigenvalue weighted by molar-refractivity contribution is 7.90. The maximum Gasteiger partial charge on any atom is 0.252 e. The van der Waals surface area contributed by atoms with Gasteiger partial charge in [0.05, 0.1) is 33.8 Å². The molecule has 9 nitrogen and oxygen atoms in total. The average molecular weight is 572 g/mol. The molecule has 3 heterocycles. The minimum atomic E-state index is -3.15. The molecule has 0 radical (unpaired) electrons. The molecule has 2 aliphatic carbocycles. The molecule has 0 N–H and O–H groups in total. The Balaban J connectivity index is 1.41. The molecule has 0 aliphatic heterocycles. The van der Waals surface area contributed by atoms with E-state index in [0.717, 1.165) is 41.9 Å². The Morgan fingerprint density at radius 2 is 1.87 bits per heavy atom. The van der Waals surface area contributed by atoms with Crippen LogP contribution in [-0.4, -0.2) is 55.4 Å². The van der Waals surface area contributed by atoms with E-state index in [1.165, 1.54) is 17.3 Å². The van der Waals surface area contributed by atoms with Crippen molar-refractivity contribution in [1.82, 2.24) is 34.9 Å². The summed E-state index contributed by atoms with van der Waals surface area (Å²) in [6, 6.07) is 5.70. The van der Waals surface area contributed by atoms with Gasteiger partial charge in [-0.3, -0.25) is 0 Å². The van der Waals surface area contributed by atoms with Crippen LogP contribution in [0, 0.1) is 17.0 Å². The molecule has 4 aromatic rings. The summed E-state index contributed by atoms with van der Waals surface area (Å²) in [5, 5.41) is 13.1. The number of sulfone groups is 1. The number of fused-ring (bicyclic) bond motifs is 5. The zero-order chi connectivity index (χ0) is 27.7. The summed E-state index contributed by atoms with van der Waals surface area (Å²) in [7, 11) is -3.15.